The molecule has 0 saturated carbocycles. The third-order valence-corrected chi connectivity index (χ3v) is 4.23. The molecule has 1 amide bonds. The van der Waals surface area contributed by atoms with Gasteiger partial charge in [0.2, 0.25) is 5.91 Å². The molecule has 2 aromatic carbocycles. The van der Waals surface area contributed by atoms with Crippen molar-refractivity contribution in [1.29, 1.82) is 0 Å². The average Bonchev–Trinajstić information content (AvgIpc) is 2.95. The Hall–Kier alpha value is -3.09. The number of nitrogens with one attached hydrogen (secondary N) is 1. The molecule has 25 heavy (non-hydrogen) atoms. The largest absolute Gasteiger partial charge is 0.490 e. The smallest absolute Gasteiger partial charge is 0.311 e. The standard InChI is InChI=1S/C18H19N3O4/c1-25-17-11-14(7-8-16(17)21(23)24)19-15-9-10-20(18(15)22)12-13-5-3-2-4-6-13/h2-8,11,15,19H,9-10,12H2,1H3/t15-/m1/s1. The zero-order chi connectivity index (χ0) is 17.8. The number of likely N-dealkylation sites (tertiary alicyclic amines) is 1. The highest BCUT2D eigenvalue weighted by molar-refractivity contribution is 5.86. The van der Waals surface area contributed by atoms with Gasteiger partial charge in [0.25, 0.3) is 0 Å². The monoisotopic (exact) mass is 341 g/mol. The van der Waals surface area contributed by atoms with Crippen LogP contribution in [0.4, 0.5) is 11.4 Å². The molecule has 0 aliphatic carbocycles. The third kappa shape index (κ3) is 3.71. The van der Waals surface area contributed by atoms with Gasteiger partial charge in [-0.3, -0.25) is 14.9 Å². The van der Waals surface area contributed by atoms with E-state index in [2.05, 4.69) is 5.32 Å². The molecule has 0 bridgehead atoms. The lowest BCUT2D eigenvalue weighted by Gasteiger charge is -2.18. The van der Waals surface area contributed by atoms with Crippen molar-refractivity contribution in [3.63, 3.8) is 0 Å². The Balaban J connectivity index is 1.68. The van der Waals surface area contributed by atoms with E-state index in [0.717, 1.165) is 5.56 Å². The molecule has 1 N–H and O–H groups in total. The van der Waals surface area contributed by atoms with Gasteiger partial charge >= 0.3 is 5.69 Å². The average molecular weight is 341 g/mol. The fraction of sp³-hybridized carbons (Fsp3) is 0.278. The highest BCUT2D eigenvalue weighted by Gasteiger charge is 2.31. The molecule has 1 fully saturated rings. The molecular formula is C18H19N3O4. The normalized spacial score (nSPS) is 16.8. The van der Waals surface area contributed by atoms with Crippen LogP contribution in [0.25, 0.3) is 0 Å². The van der Waals surface area contributed by atoms with E-state index in [-0.39, 0.29) is 23.4 Å². The van der Waals surface area contributed by atoms with Crippen LogP contribution in [-0.4, -0.2) is 35.4 Å². The number of hydrogen-bond donors (Lipinski definition) is 1. The van der Waals surface area contributed by atoms with Gasteiger partial charge in [-0.15, -0.1) is 0 Å². The van der Waals surface area contributed by atoms with E-state index in [9.17, 15) is 14.9 Å². The van der Waals surface area contributed by atoms with Crippen molar-refractivity contribution in [2.75, 3.05) is 19.0 Å². The van der Waals surface area contributed by atoms with Gasteiger partial charge in [-0.1, -0.05) is 30.3 Å². The van der Waals surface area contributed by atoms with Crippen molar-refractivity contribution in [1.82, 2.24) is 4.90 Å². The third-order valence-electron chi connectivity index (χ3n) is 4.23. The number of benzene rings is 2. The molecule has 1 heterocycles. The minimum atomic E-state index is -0.495. The maximum absolute atomic E-state index is 12.6. The van der Waals surface area contributed by atoms with Crippen LogP contribution in [0.3, 0.4) is 0 Å². The summed E-state index contributed by atoms with van der Waals surface area (Å²) in [6.45, 7) is 1.26. The number of nitro benzene ring substituents is 1. The number of carbonyl (C=O) groups excluding carboxylic acids is 1. The van der Waals surface area contributed by atoms with Gasteiger partial charge in [-0.25, -0.2) is 0 Å². The summed E-state index contributed by atoms with van der Waals surface area (Å²) in [5, 5.41) is 14.1. The molecule has 130 valence electrons. The van der Waals surface area contributed by atoms with Crippen LogP contribution >= 0.6 is 0 Å². The van der Waals surface area contributed by atoms with Crippen LogP contribution in [0.2, 0.25) is 0 Å². The Morgan fingerprint density at radius 1 is 1.28 bits per heavy atom. The van der Waals surface area contributed by atoms with Crippen molar-refractivity contribution in [3.8, 4) is 5.75 Å². The predicted octanol–water partition coefficient (Wildman–Crippen LogP) is 2.82. The van der Waals surface area contributed by atoms with E-state index in [1.807, 2.05) is 35.2 Å². The second-order valence-electron chi connectivity index (χ2n) is 5.87. The topological polar surface area (TPSA) is 84.7 Å². The molecule has 1 saturated heterocycles. The minimum absolute atomic E-state index is 0.0289. The molecule has 1 aliphatic heterocycles. The van der Waals surface area contributed by atoms with E-state index in [1.54, 1.807) is 12.1 Å². The predicted molar refractivity (Wildman–Crippen MR) is 93.5 cm³/mol. The van der Waals surface area contributed by atoms with Crippen LogP contribution in [-0.2, 0) is 11.3 Å². The Bertz CT molecular complexity index is 779. The molecular weight excluding hydrogens is 322 g/mol. The Morgan fingerprint density at radius 2 is 2.04 bits per heavy atom. The summed E-state index contributed by atoms with van der Waals surface area (Å²) >= 11 is 0. The Labute approximate surface area is 145 Å². The highest BCUT2D eigenvalue weighted by atomic mass is 16.6. The quantitative estimate of drug-likeness (QED) is 0.645. The summed E-state index contributed by atoms with van der Waals surface area (Å²) in [6.07, 6.45) is 0.685. The molecule has 0 radical (unpaired) electrons. The first-order valence-electron chi connectivity index (χ1n) is 8.00. The van der Waals surface area contributed by atoms with E-state index in [4.69, 9.17) is 4.74 Å². The van der Waals surface area contributed by atoms with Crippen molar-refractivity contribution in [2.45, 2.75) is 19.0 Å². The Kier molecular flexibility index (Phi) is 4.83. The van der Waals surface area contributed by atoms with Crippen LogP contribution < -0.4 is 10.1 Å². The molecule has 2 aromatic rings. The maximum atomic E-state index is 12.6. The van der Waals surface area contributed by atoms with Gasteiger partial charge in [0, 0.05) is 30.9 Å². The number of ether oxygens (including phenoxy) is 1. The maximum Gasteiger partial charge on any atom is 0.311 e. The molecule has 0 unspecified atom stereocenters. The first kappa shape index (κ1) is 16.8. The molecule has 1 atom stereocenters. The van der Waals surface area contributed by atoms with Gasteiger partial charge in [-0.05, 0) is 18.1 Å². The molecule has 0 spiro atoms. The number of nitrogens with zero attached hydrogens (tertiary/aromatic N) is 2. The number of hydrogen-bond acceptors (Lipinski definition) is 5. The summed E-state index contributed by atoms with van der Waals surface area (Å²) in [5.74, 6) is 0.197. The molecule has 7 heteroatoms. The van der Waals surface area contributed by atoms with Crippen molar-refractivity contribution < 1.29 is 14.5 Å². The highest BCUT2D eigenvalue weighted by Crippen LogP contribution is 2.30. The summed E-state index contributed by atoms with van der Waals surface area (Å²) in [6, 6.07) is 14.0. The van der Waals surface area contributed by atoms with Crippen LogP contribution in [0, 0.1) is 10.1 Å². The summed E-state index contributed by atoms with van der Waals surface area (Å²) < 4.78 is 5.06. The van der Waals surface area contributed by atoms with Crippen molar-refractivity contribution >= 4 is 17.3 Å². The second kappa shape index (κ2) is 7.21. The first-order chi connectivity index (χ1) is 12.1. The number of rotatable bonds is 6. The lowest BCUT2D eigenvalue weighted by Crippen LogP contribution is -2.33. The molecule has 7 nitrogen and oxygen atoms in total. The van der Waals surface area contributed by atoms with Crippen molar-refractivity contribution in [2.24, 2.45) is 0 Å². The van der Waals surface area contributed by atoms with Gasteiger partial charge in [-0.2, -0.15) is 0 Å². The first-order valence-corrected chi connectivity index (χ1v) is 8.00. The summed E-state index contributed by atoms with van der Waals surface area (Å²) in [4.78, 5) is 24.8. The fourth-order valence-corrected chi connectivity index (χ4v) is 2.95. The SMILES string of the molecule is COc1cc(N[C@@H]2CCN(Cc3ccccc3)C2=O)ccc1[N+](=O)[O-]. The number of carbonyl (C=O) groups is 1. The summed E-state index contributed by atoms with van der Waals surface area (Å²) in [7, 11) is 1.38. The molecule has 3 rings (SSSR count). The van der Waals surface area contributed by atoms with Crippen LogP contribution in [0.1, 0.15) is 12.0 Å². The summed E-state index contributed by atoms with van der Waals surface area (Å²) in [5.41, 5.74) is 1.62. The lowest BCUT2D eigenvalue weighted by molar-refractivity contribution is -0.385. The number of amides is 1. The second-order valence-corrected chi connectivity index (χ2v) is 5.87. The molecule has 1 aliphatic rings. The zero-order valence-corrected chi connectivity index (χ0v) is 13.8. The van der Waals surface area contributed by atoms with Crippen molar-refractivity contribution in [3.05, 3.63) is 64.2 Å². The lowest BCUT2D eigenvalue weighted by atomic mass is 10.2. The van der Waals surface area contributed by atoms with Crippen LogP contribution in [0.5, 0.6) is 5.75 Å². The molecule has 0 aromatic heterocycles. The fourth-order valence-electron chi connectivity index (χ4n) is 2.95. The van der Waals surface area contributed by atoms with Gasteiger partial charge in [0.15, 0.2) is 5.75 Å². The number of nitro groups is 1. The van der Waals surface area contributed by atoms with Gasteiger partial charge in [0.05, 0.1) is 12.0 Å². The van der Waals surface area contributed by atoms with E-state index in [0.29, 0.717) is 25.2 Å². The zero-order valence-electron chi connectivity index (χ0n) is 13.8. The van der Waals surface area contributed by atoms with E-state index < -0.39 is 4.92 Å². The van der Waals surface area contributed by atoms with E-state index in [1.165, 1.54) is 13.2 Å². The number of anilines is 1. The minimum Gasteiger partial charge on any atom is -0.490 e. The van der Waals surface area contributed by atoms with Gasteiger partial charge in [0.1, 0.15) is 6.04 Å². The van der Waals surface area contributed by atoms with Gasteiger partial charge < -0.3 is 15.0 Å². The Morgan fingerprint density at radius 3 is 2.72 bits per heavy atom. The van der Waals surface area contributed by atoms with E-state index >= 15 is 0 Å². The number of methoxy groups -OCH3 is 1. The van der Waals surface area contributed by atoms with Crippen LogP contribution in [0.15, 0.2) is 48.5 Å².